The number of rotatable bonds is 7. The van der Waals surface area contributed by atoms with Crippen molar-refractivity contribution in [3.05, 3.63) is 45.4 Å². The Morgan fingerprint density at radius 1 is 1.26 bits per heavy atom. The van der Waals surface area contributed by atoms with Crippen molar-refractivity contribution in [1.29, 1.82) is 0 Å². The van der Waals surface area contributed by atoms with Crippen LogP contribution in [0.5, 0.6) is 0 Å². The molecule has 0 saturated heterocycles. The lowest BCUT2D eigenvalue weighted by molar-refractivity contribution is -0.113. The molecule has 1 amide bonds. The van der Waals surface area contributed by atoms with E-state index in [1.165, 1.54) is 34.7 Å². The van der Waals surface area contributed by atoms with E-state index in [-0.39, 0.29) is 17.2 Å². The molecule has 0 fully saturated rings. The molecule has 27 heavy (non-hydrogen) atoms. The van der Waals surface area contributed by atoms with Gasteiger partial charge in [-0.05, 0) is 36.8 Å². The van der Waals surface area contributed by atoms with E-state index in [4.69, 9.17) is 0 Å². The maximum Gasteiger partial charge on any atom is 0.251 e. The molecular weight excluding hydrogens is 400 g/mol. The summed E-state index contributed by atoms with van der Waals surface area (Å²) in [5.41, 5.74) is 3.72. The van der Waals surface area contributed by atoms with Gasteiger partial charge in [0.1, 0.15) is 0 Å². The molecule has 6 nitrogen and oxygen atoms in total. The van der Waals surface area contributed by atoms with Gasteiger partial charge in [-0.25, -0.2) is 9.97 Å². The van der Waals surface area contributed by atoms with Crippen LogP contribution < -0.4 is 10.9 Å². The Balaban J connectivity index is 1.64. The normalized spacial score (nSPS) is 11.1. The van der Waals surface area contributed by atoms with E-state index in [9.17, 15) is 9.59 Å². The fourth-order valence-corrected chi connectivity index (χ4v) is 4.86. The smallest absolute Gasteiger partial charge is 0.251 e. The van der Waals surface area contributed by atoms with Crippen LogP contribution in [-0.4, -0.2) is 32.4 Å². The molecule has 0 bridgehead atoms. The van der Waals surface area contributed by atoms with Crippen molar-refractivity contribution < 1.29 is 4.79 Å². The highest BCUT2D eigenvalue weighted by Crippen LogP contribution is 2.29. The fourth-order valence-electron chi connectivity index (χ4n) is 2.55. The first kappa shape index (κ1) is 19.9. The van der Waals surface area contributed by atoms with Gasteiger partial charge in [-0.15, -0.1) is 0 Å². The van der Waals surface area contributed by atoms with Crippen molar-refractivity contribution in [2.75, 3.05) is 16.8 Å². The van der Waals surface area contributed by atoms with Crippen molar-refractivity contribution in [2.45, 2.75) is 31.7 Å². The van der Waals surface area contributed by atoms with E-state index in [1.54, 1.807) is 11.8 Å². The number of thioether (sulfide) groups is 2. The predicted molar refractivity (Wildman–Crippen MR) is 115 cm³/mol. The quantitative estimate of drug-likeness (QED) is 0.444. The van der Waals surface area contributed by atoms with Gasteiger partial charge in [0.2, 0.25) is 5.91 Å². The molecule has 0 unspecified atom stereocenters. The molecular formula is C18H20N4O2S3. The zero-order valence-corrected chi connectivity index (χ0v) is 17.7. The third-order valence-corrected chi connectivity index (χ3v) is 6.34. The summed E-state index contributed by atoms with van der Waals surface area (Å²) in [6.07, 6.45) is 0. The van der Waals surface area contributed by atoms with Gasteiger partial charge < -0.3 is 10.3 Å². The van der Waals surface area contributed by atoms with Gasteiger partial charge in [-0.1, -0.05) is 36.1 Å². The van der Waals surface area contributed by atoms with E-state index in [0.29, 0.717) is 16.0 Å². The second-order valence-electron chi connectivity index (χ2n) is 5.96. The Labute approximate surface area is 169 Å². The number of carbonyl (C=O) groups excluding carboxylic acids is 1. The summed E-state index contributed by atoms with van der Waals surface area (Å²) in [5.74, 6) is 1.62. The van der Waals surface area contributed by atoms with Gasteiger partial charge in [0.15, 0.2) is 10.3 Å². The van der Waals surface area contributed by atoms with Crippen LogP contribution in [-0.2, 0) is 10.5 Å². The van der Waals surface area contributed by atoms with Gasteiger partial charge in [0.25, 0.3) is 5.56 Å². The number of fused-ring (bicyclic) bond motifs is 1. The molecule has 2 N–H and O–H groups in total. The first-order valence-corrected chi connectivity index (χ1v) is 11.4. The number of thiazole rings is 1. The third-order valence-electron chi connectivity index (χ3n) is 3.64. The van der Waals surface area contributed by atoms with Crippen molar-refractivity contribution in [1.82, 2.24) is 15.0 Å². The van der Waals surface area contributed by atoms with Crippen LogP contribution in [0.4, 0.5) is 5.13 Å². The summed E-state index contributed by atoms with van der Waals surface area (Å²) >= 11 is 4.37. The highest BCUT2D eigenvalue weighted by molar-refractivity contribution is 7.99. The topological polar surface area (TPSA) is 87.7 Å². The maximum atomic E-state index is 12.3. The molecule has 0 aliphatic heterocycles. The number of hydrogen-bond donors (Lipinski definition) is 2. The van der Waals surface area contributed by atoms with E-state index < -0.39 is 0 Å². The van der Waals surface area contributed by atoms with Crippen molar-refractivity contribution in [2.24, 2.45) is 0 Å². The number of nitrogens with zero attached hydrogens (tertiary/aromatic N) is 2. The SMILES string of the molecule is CCSCc1cc(=O)[nH]c(SCC(=O)Nc2nc3c(C)cc(C)cc3s2)n1. The third kappa shape index (κ3) is 5.33. The van der Waals surface area contributed by atoms with Crippen molar-refractivity contribution in [3.63, 3.8) is 0 Å². The number of nitrogens with one attached hydrogen (secondary N) is 2. The van der Waals surface area contributed by atoms with Crippen molar-refractivity contribution >= 4 is 56.1 Å². The average molecular weight is 421 g/mol. The minimum Gasteiger partial charge on any atom is -0.301 e. The number of aromatic amines is 1. The van der Waals surface area contributed by atoms with Crippen LogP contribution in [0.1, 0.15) is 23.7 Å². The monoisotopic (exact) mass is 420 g/mol. The molecule has 142 valence electrons. The zero-order chi connectivity index (χ0) is 19.4. The number of hydrogen-bond acceptors (Lipinski definition) is 7. The summed E-state index contributed by atoms with van der Waals surface area (Å²) in [5, 5.41) is 3.88. The van der Waals surface area contributed by atoms with Crippen LogP contribution in [0, 0.1) is 13.8 Å². The summed E-state index contributed by atoms with van der Waals surface area (Å²) in [6, 6.07) is 5.65. The lowest BCUT2D eigenvalue weighted by Gasteiger charge is -2.04. The molecule has 1 aromatic carbocycles. The number of H-pyrrole nitrogens is 1. The fraction of sp³-hybridized carbons (Fsp3) is 0.333. The molecule has 3 aromatic rings. The highest BCUT2D eigenvalue weighted by Gasteiger charge is 2.11. The van der Waals surface area contributed by atoms with E-state index in [1.807, 2.05) is 13.8 Å². The molecule has 2 heterocycles. The molecule has 0 saturated carbocycles. The Morgan fingerprint density at radius 3 is 2.85 bits per heavy atom. The second kappa shape index (κ2) is 8.90. The summed E-state index contributed by atoms with van der Waals surface area (Å²) in [6.45, 7) is 6.12. The maximum absolute atomic E-state index is 12.3. The highest BCUT2D eigenvalue weighted by atomic mass is 32.2. The predicted octanol–water partition coefficient (Wildman–Crippen LogP) is 3.98. The van der Waals surface area contributed by atoms with Crippen LogP contribution in [0.2, 0.25) is 0 Å². The van der Waals surface area contributed by atoms with Crippen molar-refractivity contribution in [3.8, 4) is 0 Å². The standard InChI is InChI=1S/C18H20N4O2S3/c1-4-25-8-12-7-14(23)20-17(19-12)26-9-15(24)21-18-22-16-11(3)5-10(2)6-13(16)27-18/h5-7H,4,8-9H2,1-3H3,(H,19,20,23)(H,21,22,24). The van der Waals surface area contributed by atoms with Gasteiger partial charge in [-0.2, -0.15) is 11.8 Å². The molecule has 3 rings (SSSR count). The Bertz CT molecular complexity index is 1030. The molecule has 9 heteroatoms. The second-order valence-corrected chi connectivity index (χ2v) is 9.23. The van der Waals surface area contributed by atoms with Gasteiger partial charge in [-0.3, -0.25) is 9.59 Å². The minimum absolute atomic E-state index is 0.154. The molecule has 0 aliphatic carbocycles. The van der Waals surface area contributed by atoms with E-state index in [2.05, 4.69) is 39.3 Å². The molecule has 0 atom stereocenters. The van der Waals surface area contributed by atoms with Gasteiger partial charge >= 0.3 is 0 Å². The molecule has 0 aliphatic rings. The summed E-state index contributed by atoms with van der Waals surface area (Å²) in [4.78, 5) is 35.6. The van der Waals surface area contributed by atoms with E-state index in [0.717, 1.165) is 27.2 Å². The van der Waals surface area contributed by atoms with E-state index >= 15 is 0 Å². The summed E-state index contributed by atoms with van der Waals surface area (Å²) < 4.78 is 1.06. The van der Waals surface area contributed by atoms with Crippen LogP contribution in [0.25, 0.3) is 10.2 Å². The zero-order valence-electron chi connectivity index (χ0n) is 15.3. The van der Waals surface area contributed by atoms with Gasteiger partial charge in [0, 0.05) is 11.8 Å². The Hall–Kier alpha value is -1.84. The number of benzene rings is 1. The number of amides is 1. The van der Waals surface area contributed by atoms with Crippen LogP contribution >= 0.6 is 34.9 Å². The number of carbonyl (C=O) groups is 1. The first-order chi connectivity index (χ1) is 12.9. The summed E-state index contributed by atoms with van der Waals surface area (Å²) in [7, 11) is 0. The van der Waals surface area contributed by atoms with Crippen LogP contribution in [0.3, 0.4) is 0 Å². The lowest BCUT2D eigenvalue weighted by Crippen LogP contribution is -2.15. The molecule has 2 aromatic heterocycles. The number of aryl methyl sites for hydroxylation is 2. The first-order valence-electron chi connectivity index (χ1n) is 8.43. The Morgan fingerprint density at radius 2 is 2.07 bits per heavy atom. The number of anilines is 1. The lowest BCUT2D eigenvalue weighted by atomic mass is 10.1. The molecule has 0 radical (unpaired) electrons. The largest absolute Gasteiger partial charge is 0.301 e. The number of aromatic nitrogens is 3. The molecule has 0 spiro atoms. The minimum atomic E-state index is -0.198. The van der Waals surface area contributed by atoms with Crippen LogP contribution in [0.15, 0.2) is 28.2 Å². The Kier molecular flexibility index (Phi) is 6.56. The average Bonchev–Trinajstić information content (AvgIpc) is 3.00. The van der Waals surface area contributed by atoms with Gasteiger partial charge in [0.05, 0.1) is 21.7 Å².